The number of hydrogen-bond acceptors (Lipinski definition) is 8. The molecule has 288 valence electrons. The van der Waals surface area contributed by atoms with Gasteiger partial charge >= 0.3 is 0 Å². The Bertz CT molecular complexity index is 2020. The van der Waals surface area contributed by atoms with Gasteiger partial charge in [-0.3, -0.25) is 29.4 Å². The molecular weight excluding hydrogens is 703 g/mol. The van der Waals surface area contributed by atoms with Gasteiger partial charge < -0.3 is 20.1 Å². The normalized spacial score (nSPS) is 27.4. The van der Waals surface area contributed by atoms with Gasteiger partial charge in [-0.15, -0.1) is 0 Å². The summed E-state index contributed by atoms with van der Waals surface area (Å²) in [7, 11) is 3.09. The third-order valence-corrected chi connectivity index (χ3v) is 11.9. The van der Waals surface area contributed by atoms with Crippen molar-refractivity contribution in [3.63, 3.8) is 0 Å². The Kier molecular flexibility index (Phi) is 10.5. The second-order valence-corrected chi connectivity index (χ2v) is 15.6. The number of nitrogens with one attached hydrogen (secondary N) is 2. The highest BCUT2D eigenvalue weighted by atomic mass is 19.1. The number of pyridine rings is 2. The molecule has 4 heterocycles. The van der Waals surface area contributed by atoms with E-state index in [0.29, 0.717) is 53.1 Å². The van der Waals surface area contributed by atoms with Crippen LogP contribution in [0.1, 0.15) is 65.6 Å². The maximum atomic E-state index is 14.6. The lowest BCUT2D eigenvalue weighted by molar-refractivity contribution is -0.121. The fourth-order valence-corrected chi connectivity index (χ4v) is 8.84. The number of methoxy groups -OCH3 is 2. The van der Waals surface area contributed by atoms with E-state index < -0.39 is 24.4 Å². The number of amides is 2. The average Bonchev–Trinajstić information content (AvgIpc) is 4.09. The maximum absolute atomic E-state index is 14.6. The molecule has 2 aromatic carbocycles. The molecule has 2 N–H and O–H groups in total. The molecule has 2 amide bonds. The number of anilines is 2. The lowest BCUT2D eigenvalue weighted by Crippen LogP contribution is -2.39. The zero-order valence-corrected chi connectivity index (χ0v) is 31.5. The van der Waals surface area contributed by atoms with Crippen LogP contribution >= 0.6 is 0 Å². The predicted molar refractivity (Wildman–Crippen MR) is 206 cm³/mol. The molecular formula is C43H48F2N6O4. The van der Waals surface area contributed by atoms with Crippen molar-refractivity contribution in [3.8, 4) is 11.5 Å². The summed E-state index contributed by atoms with van der Waals surface area (Å²) in [6, 6.07) is 20.6. The molecule has 2 aliphatic carbocycles. The second kappa shape index (κ2) is 15.7. The molecule has 4 aliphatic rings. The molecule has 0 bridgehead atoms. The van der Waals surface area contributed by atoms with E-state index in [1.165, 1.54) is 18.2 Å². The molecule has 4 unspecified atom stereocenters. The average molecular weight is 751 g/mol. The van der Waals surface area contributed by atoms with Crippen molar-refractivity contribution in [1.82, 2.24) is 19.8 Å². The number of benzene rings is 2. The van der Waals surface area contributed by atoms with E-state index in [4.69, 9.17) is 9.47 Å². The number of carbonyl (C=O) groups excluding carboxylic acids is 2. The number of aromatic nitrogens is 2. The Labute approximate surface area is 320 Å². The number of ether oxygens (including phenoxy) is 2. The number of hydrogen-bond donors (Lipinski definition) is 2. The third-order valence-electron chi connectivity index (χ3n) is 11.9. The van der Waals surface area contributed by atoms with Crippen LogP contribution in [0.15, 0.2) is 79.1 Å². The largest absolute Gasteiger partial charge is 0.493 e. The zero-order valence-electron chi connectivity index (χ0n) is 31.5. The second-order valence-electron chi connectivity index (χ2n) is 15.6. The summed E-state index contributed by atoms with van der Waals surface area (Å²) in [6.07, 6.45) is 3.78. The topological polar surface area (TPSA) is 109 Å². The van der Waals surface area contributed by atoms with E-state index >= 15 is 0 Å². The van der Waals surface area contributed by atoms with Crippen LogP contribution in [0.5, 0.6) is 11.5 Å². The highest BCUT2D eigenvalue weighted by Crippen LogP contribution is 2.65. The van der Waals surface area contributed by atoms with Crippen LogP contribution in [-0.4, -0.2) is 83.3 Å². The van der Waals surface area contributed by atoms with E-state index in [2.05, 4.69) is 44.9 Å². The smallest absolute Gasteiger partial charge is 0.241 e. The number of alkyl halides is 2. The summed E-state index contributed by atoms with van der Waals surface area (Å²) in [5.74, 6) is 2.82. The van der Waals surface area contributed by atoms with E-state index in [1.54, 1.807) is 30.5 Å². The number of nitrogens with zero attached hydrogens (tertiary/aromatic N) is 4. The Morgan fingerprint density at radius 3 is 1.69 bits per heavy atom. The van der Waals surface area contributed by atoms with Gasteiger partial charge in [0.05, 0.1) is 32.0 Å². The first-order chi connectivity index (χ1) is 26.7. The Morgan fingerprint density at radius 1 is 0.691 bits per heavy atom. The van der Waals surface area contributed by atoms with Crippen LogP contribution in [0, 0.1) is 18.8 Å². The molecule has 10 nitrogen and oxygen atoms in total. The molecule has 4 aromatic rings. The zero-order chi connectivity index (χ0) is 38.2. The molecule has 0 spiro atoms. The first kappa shape index (κ1) is 37.0. The molecule has 8 atom stereocenters. The van der Waals surface area contributed by atoms with Gasteiger partial charge in [-0.05, 0) is 90.5 Å². The highest BCUT2D eigenvalue weighted by Gasteiger charge is 2.54. The minimum Gasteiger partial charge on any atom is -0.493 e. The van der Waals surface area contributed by atoms with Gasteiger partial charge in [-0.2, -0.15) is 0 Å². The highest BCUT2D eigenvalue weighted by molar-refractivity contribution is 5.95. The monoisotopic (exact) mass is 750 g/mol. The lowest BCUT2D eigenvalue weighted by atomic mass is 10.0. The summed E-state index contributed by atoms with van der Waals surface area (Å²) in [5, 5.41) is 6.03. The molecule has 2 aliphatic heterocycles. The number of halogens is 2. The van der Waals surface area contributed by atoms with E-state index in [-0.39, 0.29) is 44.3 Å². The van der Waals surface area contributed by atoms with Crippen molar-refractivity contribution in [2.24, 2.45) is 11.8 Å². The van der Waals surface area contributed by atoms with E-state index in [9.17, 15) is 18.4 Å². The number of likely N-dealkylation sites (tertiary alicyclic amines) is 2. The standard InChI is InChI=1S/C43H48F2N6O4/c1-25-5-4-15-46-36(25)23-50-21-28(44)17-38(50)42(52)48-30-10-6-26(7-11-30)32-19-34(32)35-20-33(35)27-8-12-31(13-9-27)49-43(53)39-18-29(45)22-51(39)24-37-41(55-3)40(54-2)14-16-47-37/h4-16,28-29,32-35,38-39H,17-24H2,1-3H3,(H,48,52)(H,49,53)/t28-,29-,32?,33?,34?,35?,38+,39+/m0/s1. The van der Waals surface area contributed by atoms with Gasteiger partial charge in [0.1, 0.15) is 18.0 Å². The minimum absolute atomic E-state index is 0.118. The van der Waals surface area contributed by atoms with Crippen molar-refractivity contribution < 1.29 is 27.8 Å². The third kappa shape index (κ3) is 8.07. The summed E-state index contributed by atoms with van der Waals surface area (Å²) in [4.78, 5) is 39.2. The van der Waals surface area contributed by atoms with Gasteiger partial charge in [-0.1, -0.05) is 30.3 Å². The van der Waals surface area contributed by atoms with Gasteiger partial charge in [0.2, 0.25) is 11.8 Å². The van der Waals surface area contributed by atoms with Crippen LogP contribution in [0.3, 0.4) is 0 Å². The Morgan fingerprint density at radius 2 is 1.20 bits per heavy atom. The first-order valence-electron chi connectivity index (χ1n) is 19.2. The molecule has 2 aromatic heterocycles. The summed E-state index contributed by atoms with van der Waals surface area (Å²) >= 11 is 0. The van der Waals surface area contributed by atoms with Crippen LogP contribution in [0.4, 0.5) is 20.2 Å². The fourth-order valence-electron chi connectivity index (χ4n) is 8.84. The van der Waals surface area contributed by atoms with Crippen molar-refractivity contribution in [2.75, 3.05) is 37.9 Å². The SMILES string of the molecule is COc1ccnc(CN2C[C@@H](F)C[C@@H]2C(=O)Nc2ccc(C3CC3C3CC3c3ccc(NC(=O)[C@H]4C[C@H](F)CN4Cc4ncccc4C)cc3)cc2)c1OC. The molecule has 8 rings (SSSR count). The number of carbonyl (C=O) groups is 2. The van der Waals surface area contributed by atoms with Crippen LogP contribution < -0.4 is 20.1 Å². The minimum atomic E-state index is -1.11. The van der Waals surface area contributed by atoms with Gasteiger partial charge in [0, 0.05) is 68.9 Å². The quantitative estimate of drug-likeness (QED) is 0.154. The van der Waals surface area contributed by atoms with Crippen molar-refractivity contribution >= 4 is 23.2 Å². The van der Waals surface area contributed by atoms with E-state index in [1.807, 2.05) is 48.2 Å². The summed E-state index contributed by atoms with van der Waals surface area (Å²) in [6.45, 7) is 3.05. The van der Waals surface area contributed by atoms with E-state index in [0.717, 1.165) is 29.8 Å². The predicted octanol–water partition coefficient (Wildman–Crippen LogP) is 6.81. The molecule has 12 heteroatoms. The maximum Gasteiger partial charge on any atom is 0.241 e. The first-order valence-corrected chi connectivity index (χ1v) is 19.2. The van der Waals surface area contributed by atoms with Crippen LogP contribution in [0.2, 0.25) is 0 Å². The van der Waals surface area contributed by atoms with Gasteiger partial charge in [0.15, 0.2) is 11.5 Å². The van der Waals surface area contributed by atoms with Gasteiger partial charge in [0.25, 0.3) is 0 Å². The summed E-state index contributed by atoms with van der Waals surface area (Å²) < 4.78 is 40.0. The van der Waals surface area contributed by atoms with Crippen LogP contribution in [-0.2, 0) is 22.7 Å². The summed E-state index contributed by atoms with van der Waals surface area (Å²) in [5.41, 5.74) is 6.44. The molecule has 4 fully saturated rings. The number of rotatable bonds is 13. The van der Waals surface area contributed by atoms with Crippen LogP contribution in [0.25, 0.3) is 0 Å². The Balaban J connectivity index is 0.819. The van der Waals surface area contributed by atoms with Crippen molar-refractivity contribution in [1.29, 1.82) is 0 Å². The van der Waals surface area contributed by atoms with Crippen molar-refractivity contribution in [2.45, 2.75) is 82.0 Å². The molecule has 2 saturated carbocycles. The molecule has 0 radical (unpaired) electrons. The number of aryl methyl sites for hydroxylation is 1. The molecule has 2 saturated heterocycles. The lowest BCUT2D eigenvalue weighted by Gasteiger charge is -2.24. The van der Waals surface area contributed by atoms with Gasteiger partial charge in [-0.25, -0.2) is 8.78 Å². The fraction of sp³-hybridized carbons (Fsp3) is 0.442. The molecule has 55 heavy (non-hydrogen) atoms. The Hall–Kier alpha value is -4.94. The van der Waals surface area contributed by atoms with Crippen molar-refractivity contribution in [3.05, 3.63) is 107 Å².